The number of hydrogen-bond donors (Lipinski definition) is 1. The predicted octanol–water partition coefficient (Wildman–Crippen LogP) is 2.22. The van der Waals surface area contributed by atoms with Gasteiger partial charge in [0, 0.05) is 18.5 Å². The minimum atomic E-state index is -0.706. The fraction of sp³-hybridized carbons (Fsp3) is 0.909. The van der Waals surface area contributed by atoms with Crippen molar-refractivity contribution in [3.8, 4) is 0 Å². The summed E-state index contributed by atoms with van der Waals surface area (Å²) in [6.07, 6.45) is 0.985. The summed E-state index contributed by atoms with van der Waals surface area (Å²) in [4.78, 5) is 12.7. The lowest BCUT2D eigenvalue weighted by Crippen LogP contribution is -2.40. The highest BCUT2D eigenvalue weighted by Crippen LogP contribution is 2.14. The van der Waals surface area contributed by atoms with Gasteiger partial charge in [-0.05, 0) is 33.2 Å². The molecule has 0 saturated carbocycles. The van der Waals surface area contributed by atoms with E-state index in [1.54, 1.807) is 0 Å². The maximum absolute atomic E-state index is 10.4. The summed E-state index contributed by atoms with van der Waals surface area (Å²) in [5.41, 5.74) is 0. The van der Waals surface area contributed by atoms with E-state index in [1.165, 1.54) is 0 Å². The Labute approximate surface area is 87.1 Å². The Morgan fingerprint density at radius 3 is 2.14 bits per heavy atom. The van der Waals surface area contributed by atoms with Crippen LogP contribution in [0, 0.1) is 5.92 Å². The molecule has 84 valence electrons. The Kier molecular flexibility index (Phi) is 5.77. The quantitative estimate of drug-likeness (QED) is 0.716. The first-order valence-corrected chi connectivity index (χ1v) is 5.30. The molecule has 0 heterocycles. The van der Waals surface area contributed by atoms with Gasteiger partial charge in [-0.25, -0.2) is 0 Å². The molecule has 14 heavy (non-hydrogen) atoms. The fourth-order valence-corrected chi connectivity index (χ4v) is 1.41. The van der Waals surface area contributed by atoms with Gasteiger partial charge in [0.1, 0.15) is 0 Å². The van der Waals surface area contributed by atoms with Crippen LogP contribution in [0.25, 0.3) is 0 Å². The van der Waals surface area contributed by atoms with E-state index in [0.29, 0.717) is 18.0 Å². The van der Waals surface area contributed by atoms with E-state index in [9.17, 15) is 4.79 Å². The predicted molar refractivity (Wildman–Crippen MR) is 58.4 cm³/mol. The molecule has 0 aromatic rings. The molecule has 2 atom stereocenters. The molecule has 0 rings (SSSR count). The lowest BCUT2D eigenvalue weighted by atomic mass is 10.0. The summed E-state index contributed by atoms with van der Waals surface area (Å²) in [6, 6.07) is 0.835. The van der Waals surface area contributed by atoms with Gasteiger partial charge >= 0.3 is 5.97 Å². The van der Waals surface area contributed by atoms with Crippen molar-refractivity contribution in [1.29, 1.82) is 0 Å². The van der Waals surface area contributed by atoms with E-state index in [4.69, 9.17) is 5.11 Å². The molecule has 0 spiro atoms. The van der Waals surface area contributed by atoms with Gasteiger partial charge in [0.05, 0.1) is 0 Å². The van der Waals surface area contributed by atoms with Crippen LogP contribution in [0.3, 0.4) is 0 Å². The molecule has 0 aliphatic rings. The third-order valence-electron chi connectivity index (χ3n) is 3.08. The smallest absolute Gasteiger partial charge is 0.303 e. The highest BCUT2D eigenvalue weighted by atomic mass is 16.4. The molecule has 0 aromatic heterocycles. The molecule has 1 N–H and O–H groups in total. The molecule has 0 amide bonds. The van der Waals surface area contributed by atoms with E-state index in [1.807, 2.05) is 0 Å². The molecule has 3 heteroatoms. The van der Waals surface area contributed by atoms with Crippen LogP contribution >= 0.6 is 0 Å². The van der Waals surface area contributed by atoms with Crippen LogP contribution in [0.4, 0.5) is 0 Å². The molecule has 0 fully saturated rings. The Morgan fingerprint density at radius 1 is 1.29 bits per heavy atom. The Morgan fingerprint density at radius 2 is 1.79 bits per heavy atom. The fourth-order valence-electron chi connectivity index (χ4n) is 1.41. The SMILES string of the molecule is CC(C)C(C)N(C)C(C)CCC(=O)O. The van der Waals surface area contributed by atoms with Crippen molar-refractivity contribution in [2.45, 2.75) is 52.6 Å². The second-order valence-corrected chi connectivity index (χ2v) is 4.43. The largest absolute Gasteiger partial charge is 0.481 e. The minimum absolute atomic E-state index is 0.260. The zero-order valence-electron chi connectivity index (χ0n) is 9.95. The van der Waals surface area contributed by atoms with Crippen LogP contribution in [0.1, 0.15) is 40.5 Å². The molecular weight excluding hydrogens is 178 g/mol. The summed E-state index contributed by atoms with van der Waals surface area (Å²) in [7, 11) is 2.07. The van der Waals surface area contributed by atoms with Crippen molar-refractivity contribution in [2.75, 3.05) is 7.05 Å². The molecule has 0 saturated heterocycles. The van der Waals surface area contributed by atoms with Crippen LogP contribution in [-0.4, -0.2) is 35.1 Å². The summed E-state index contributed by atoms with van der Waals surface area (Å²) >= 11 is 0. The molecule has 3 nitrogen and oxygen atoms in total. The number of rotatable bonds is 6. The standard InChI is InChI=1S/C11H23NO2/c1-8(2)10(4)12(5)9(3)6-7-11(13)14/h8-10H,6-7H2,1-5H3,(H,13,14). The lowest BCUT2D eigenvalue weighted by Gasteiger charge is -2.33. The highest BCUT2D eigenvalue weighted by molar-refractivity contribution is 5.66. The summed E-state index contributed by atoms with van der Waals surface area (Å²) in [5.74, 6) is -0.102. The highest BCUT2D eigenvalue weighted by Gasteiger charge is 2.18. The molecule has 0 aliphatic carbocycles. The molecule has 0 radical (unpaired) electrons. The van der Waals surface area contributed by atoms with Crippen LogP contribution in [0.15, 0.2) is 0 Å². The van der Waals surface area contributed by atoms with Crippen LogP contribution < -0.4 is 0 Å². The third kappa shape index (κ3) is 4.61. The van der Waals surface area contributed by atoms with E-state index in [0.717, 1.165) is 6.42 Å². The molecular formula is C11H23NO2. The van der Waals surface area contributed by atoms with Crippen molar-refractivity contribution in [3.05, 3.63) is 0 Å². The Bertz CT molecular complexity index is 180. The maximum Gasteiger partial charge on any atom is 0.303 e. The van der Waals surface area contributed by atoms with Crippen molar-refractivity contribution in [2.24, 2.45) is 5.92 Å². The number of aliphatic carboxylic acids is 1. The second kappa shape index (κ2) is 6.02. The normalized spacial score (nSPS) is 15.9. The molecule has 2 unspecified atom stereocenters. The van der Waals surface area contributed by atoms with E-state index < -0.39 is 5.97 Å². The van der Waals surface area contributed by atoms with Crippen molar-refractivity contribution in [3.63, 3.8) is 0 Å². The van der Waals surface area contributed by atoms with Gasteiger partial charge in [-0.15, -0.1) is 0 Å². The van der Waals surface area contributed by atoms with Gasteiger partial charge in [0.2, 0.25) is 0 Å². The van der Waals surface area contributed by atoms with Crippen molar-refractivity contribution >= 4 is 5.97 Å². The van der Waals surface area contributed by atoms with Gasteiger partial charge < -0.3 is 10.0 Å². The van der Waals surface area contributed by atoms with Gasteiger partial charge in [-0.3, -0.25) is 4.79 Å². The van der Waals surface area contributed by atoms with Gasteiger partial charge in [0.25, 0.3) is 0 Å². The minimum Gasteiger partial charge on any atom is -0.481 e. The summed E-state index contributed by atoms with van der Waals surface area (Å²) < 4.78 is 0. The van der Waals surface area contributed by atoms with E-state index in [-0.39, 0.29) is 6.42 Å². The molecule has 0 bridgehead atoms. The average molecular weight is 201 g/mol. The van der Waals surface area contributed by atoms with Crippen LogP contribution in [0.2, 0.25) is 0 Å². The lowest BCUT2D eigenvalue weighted by molar-refractivity contribution is -0.137. The summed E-state index contributed by atoms with van der Waals surface area (Å²) in [5, 5.41) is 8.57. The Balaban J connectivity index is 3.98. The molecule has 0 aromatic carbocycles. The van der Waals surface area contributed by atoms with Gasteiger partial charge in [-0.2, -0.15) is 0 Å². The third-order valence-corrected chi connectivity index (χ3v) is 3.08. The number of carboxylic acid groups (broad SMARTS) is 1. The summed E-state index contributed by atoms with van der Waals surface area (Å²) in [6.45, 7) is 8.64. The average Bonchev–Trinajstić information content (AvgIpc) is 2.11. The monoisotopic (exact) mass is 201 g/mol. The van der Waals surface area contributed by atoms with Gasteiger partial charge in [0.15, 0.2) is 0 Å². The van der Waals surface area contributed by atoms with Crippen molar-refractivity contribution in [1.82, 2.24) is 4.90 Å². The number of carbonyl (C=O) groups is 1. The maximum atomic E-state index is 10.4. The zero-order chi connectivity index (χ0) is 11.3. The first-order valence-electron chi connectivity index (χ1n) is 5.30. The topological polar surface area (TPSA) is 40.5 Å². The first kappa shape index (κ1) is 13.4. The van der Waals surface area contributed by atoms with E-state index >= 15 is 0 Å². The number of nitrogens with zero attached hydrogens (tertiary/aromatic N) is 1. The number of carboxylic acids is 1. The second-order valence-electron chi connectivity index (χ2n) is 4.43. The van der Waals surface area contributed by atoms with Gasteiger partial charge in [-0.1, -0.05) is 13.8 Å². The zero-order valence-corrected chi connectivity index (χ0v) is 9.95. The van der Waals surface area contributed by atoms with Crippen molar-refractivity contribution < 1.29 is 9.90 Å². The first-order chi connectivity index (χ1) is 6.36. The Hall–Kier alpha value is -0.570. The van der Waals surface area contributed by atoms with Crippen LogP contribution in [-0.2, 0) is 4.79 Å². The number of hydrogen-bond acceptors (Lipinski definition) is 2. The molecule has 0 aliphatic heterocycles. The van der Waals surface area contributed by atoms with Crippen LogP contribution in [0.5, 0.6) is 0 Å². The van der Waals surface area contributed by atoms with E-state index in [2.05, 4.69) is 39.6 Å².